The molecular weight excluding hydrogens is 216 g/mol. The molecule has 0 saturated heterocycles. The highest BCUT2D eigenvalue weighted by Gasteiger charge is 2.08. The Morgan fingerprint density at radius 3 is 3.00 bits per heavy atom. The fourth-order valence-corrected chi connectivity index (χ4v) is 1.80. The average Bonchev–Trinajstić information content (AvgIpc) is 2.64. The van der Waals surface area contributed by atoms with Crippen molar-refractivity contribution in [2.75, 3.05) is 6.54 Å². The molecule has 0 spiro atoms. The Balaban J connectivity index is 2.19. The molecule has 92 valence electrons. The Morgan fingerprint density at radius 2 is 2.29 bits per heavy atom. The van der Waals surface area contributed by atoms with E-state index in [1.807, 2.05) is 18.2 Å². The average molecular weight is 234 g/mol. The molecule has 0 aliphatic rings. The SMILES string of the molecule is CCCNC(C)Cn1nc2ccccn2c1=O. The van der Waals surface area contributed by atoms with Gasteiger partial charge in [0.1, 0.15) is 0 Å². The molecule has 5 nitrogen and oxygen atoms in total. The Morgan fingerprint density at radius 1 is 1.47 bits per heavy atom. The fourth-order valence-electron chi connectivity index (χ4n) is 1.80. The summed E-state index contributed by atoms with van der Waals surface area (Å²) in [6.45, 7) is 5.74. The second-order valence-electron chi connectivity index (χ2n) is 4.25. The topological polar surface area (TPSA) is 51.3 Å². The molecule has 2 aromatic heterocycles. The molecule has 2 rings (SSSR count). The molecule has 2 heterocycles. The van der Waals surface area contributed by atoms with Gasteiger partial charge in [0.05, 0.1) is 6.54 Å². The first-order valence-corrected chi connectivity index (χ1v) is 6.00. The first kappa shape index (κ1) is 11.9. The normalized spacial score (nSPS) is 13.1. The van der Waals surface area contributed by atoms with Crippen LogP contribution in [0.4, 0.5) is 0 Å². The molecule has 1 N–H and O–H groups in total. The molecule has 2 aromatic rings. The lowest BCUT2D eigenvalue weighted by Crippen LogP contribution is -2.35. The summed E-state index contributed by atoms with van der Waals surface area (Å²) in [5.74, 6) is 0. The third kappa shape index (κ3) is 2.55. The van der Waals surface area contributed by atoms with Crippen molar-refractivity contribution in [3.8, 4) is 0 Å². The van der Waals surface area contributed by atoms with Gasteiger partial charge in [0, 0.05) is 12.2 Å². The van der Waals surface area contributed by atoms with Gasteiger partial charge in [0.15, 0.2) is 5.65 Å². The first-order valence-electron chi connectivity index (χ1n) is 6.00. The zero-order chi connectivity index (χ0) is 12.3. The van der Waals surface area contributed by atoms with Crippen LogP contribution < -0.4 is 11.0 Å². The predicted octanol–water partition coefficient (Wildman–Crippen LogP) is 0.884. The number of rotatable bonds is 5. The fraction of sp³-hybridized carbons (Fsp3) is 0.500. The van der Waals surface area contributed by atoms with Crippen molar-refractivity contribution in [3.05, 3.63) is 34.9 Å². The van der Waals surface area contributed by atoms with E-state index in [9.17, 15) is 4.79 Å². The van der Waals surface area contributed by atoms with Gasteiger partial charge in [-0.25, -0.2) is 9.48 Å². The van der Waals surface area contributed by atoms with E-state index in [2.05, 4.69) is 24.3 Å². The number of pyridine rings is 1. The summed E-state index contributed by atoms with van der Waals surface area (Å²) < 4.78 is 3.08. The molecule has 0 radical (unpaired) electrons. The van der Waals surface area contributed by atoms with E-state index in [1.54, 1.807) is 10.6 Å². The van der Waals surface area contributed by atoms with Gasteiger partial charge in [0.25, 0.3) is 0 Å². The summed E-state index contributed by atoms with van der Waals surface area (Å²) in [4.78, 5) is 12.0. The maximum atomic E-state index is 12.0. The lowest BCUT2D eigenvalue weighted by atomic mass is 10.3. The molecule has 5 heteroatoms. The van der Waals surface area contributed by atoms with Crippen LogP contribution in [0.25, 0.3) is 5.65 Å². The van der Waals surface area contributed by atoms with Crippen molar-refractivity contribution in [1.29, 1.82) is 0 Å². The van der Waals surface area contributed by atoms with Gasteiger partial charge in [-0.1, -0.05) is 13.0 Å². The van der Waals surface area contributed by atoms with Crippen LogP contribution in [-0.2, 0) is 6.54 Å². The van der Waals surface area contributed by atoms with Gasteiger partial charge in [-0.2, -0.15) is 0 Å². The van der Waals surface area contributed by atoms with Crippen molar-refractivity contribution in [3.63, 3.8) is 0 Å². The summed E-state index contributed by atoms with van der Waals surface area (Å²) in [6.07, 6.45) is 2.83. The second kappa shape index (κ2) is 5.14. The van der Waals surface area contributed by atoms with E-state index >= 15 is 0 Å². The maximum Gasteiger partial charge on any atom is 0.350 e. The monoisotopic (exact) mass is 234 g/mol. The van der Waals surface area contributed by atoms with Crippen LogP contribution >= 0.6 is 0 Å². The molecule has 0 aliphatic carbocycles. The third-order valence-electron chi connectivity index (χ3n) is 2.68. The molecule has 1 unspecified atom stereocenters. The molecule has 1 atom stereocenters. The lowest BCUT2D eigenvalue weighted by Gasteiger charge is -2.11. The van der Waals surface area contributed by atoms with Crippen molar-refractivity contribution in [2.24, 2.45) is 0 Å². The molecule has 0 aliphatic heterocycles. The van der Waals surface area contributed by atoms with Gasteiger partial charge in [0.2, 0.25) is 0 Å². The standard InChI is InChI=1S/C12H18N4O/c1-3-7-13-10(2)9-16-12(17)15-8-5-4-6-11(15)14-16/h4-6,8,10,13H,3,7,9H2,1-2H3. The molecule has 0 aromatic carbocycles. The Kier molecular flexibility index (Phi) is 3.58. The third-order valence-corrected chi connectivity index (χ3v) is 2.68. The van der Waals surface area contributed by atoms with Gasteiger partial charge in [-0.3, -0.25) is 4.40 Å². The highest BCUT2D eigenvalue weighted by atomic mass is 16.2. The van der Waals surface area contributed by atoms with Gasteiger partial charge in [-0.05, 0) is 32.0 Å². The summed E-state index contributed by atoms with van der Waals surface area (Å²) in [6, 6.07) is 5.80. The highest BCUT2D eigenvalue weighted by molar-refractivity contribution is 5.35. The van der Waals surface area contributed by atoms with E-state index in [1.165, 1.54) is 4.68 Å². The summed E-state index contributed by atoms with van der Waals surface area (Å²) in [5.41, 5.74) is 0.617. The van der Waals surface area contributed by atoms with E-state index in [0.717, 1.165) is 13.0 Å². The number of hydrogen-bond acceptors (Lipinski definition) is 3. The van der Waals surface area contributed by atoms with E-state index in [4.69, 9.17) is 0 Å². The number of nitrogens with one attached hydrogen (secondary N) is 1. The van der Waals surface area contributed by atoms with Crippen LogP contribution in [0.3, 0.4) is 0 Å². The highest BCUT2D eigenvalue weighted by Crippen LogP contribution is 1.96. The minimum absolute atomic E-state index is 0.0780. The number of fused-ring (bicyclic) bond motifs is 1. The van der Waals surface area contributed by atoms with Crippen molar-refractivity contribution < 1.29 is 0 Å². The summed E-state index contributed by atoms with van der Waals surface area (Å²) >= 11 is 0. The zero-order valence-corrected chi connectivity index (χ0v) is 10.3. The molecule has 0 bridgehead atoms. The Bertz CT molecular complexity index is 543. The number of aromatic nitrogens is 3. The molecule has 0 fully saturated rings. The maximum absolute atomic E-state index is 12.0. The minimum Gasteiger partial charge on any atom is -0.312 e. The van der Waals surface area contributed by atoms with Gasteiger partial charge >= 0.3 is 5.69 Å². The minimum atomic E-state index is -0.0780. The summed E-state index contributed by atoms with van der Waals surface area (Å²) in [5, 5.41) is 7.63. The van der Waals surface area contributed by atoms with E-state index in [-0.39, 0.29) is 11.7 Å². The Labute approximate surface area is 100 Å². The molecule has 17 heavy (non-hydrogen) atoms. The van der Waals surface area contributed by atoms with Gasteiger partial charge in [-0.15, -0.1) is 5.10 Å². The van der Waals surface area contributed by atoms with Crippen LogP contribution in [0.1, 0.15) is 20.3 Å². The van der Waals surface area contributed by atoms with Crippen molar-refractivity contribution in [1.82, 2.24) is 19.5 Å². The second-order valence-corrected chi connectivity index (χ2v) is 4.25. The number of hydrogen-bond donors (Lipinski definition) is 1. The molecule has 0 saturated carbocycles. The largest absolute Gasteiger partial charge is 0.350 e. The zero-order valence-electron chi connectivity index (χ0n) is 10.3. The van der Waals surface area contributed by atoms with E-state index in [0.29, 0.717) is 12.2 Å². The Hall–Kier alpha value is -1.62. The number of nitrogens with zero attached hydrogens (tertiary/aromatic N) is 3. The van der Waals surface area contributed by atoms with Crippen molar-refractivity contribution >= 4 is 5.65 Å². The van der Waals surface area contributed by atoms with Crippen LogP contribution in [-0.4, -0.2) is 26.8 Å². The summed E-state index contributed by atoms with van der Waals surface area (Å²) in [7, 11) is 0. The molecule has 0 amide bonds. The predicted molar refractivity (Wildman–Crippen MR) is 67.2 cm³/mol. The van der Waals surface area contributed by atoms with Crippen molar-refractivity contribution in [2.45, 2.75) is 32.9 Å². The van der Waals surface area contributed by atoms with Crippen LogP contribution in [0.2, 0.25) is 0 Å². The van der Waals surface area contributed by atoms with Crippen LogP contribution in [0.5, 0.6) is 0 Å². The smallest absolute Gasteiger partial charge is 0.312 e. The van der Waals surface area contributed by atoms with E-state index < -0.39 is 0 Å². The quantitative estimate of drug-likeness (QED) is 0.835. The van der Waals surface area contributed by atoms with Crippen LogP contribution in [0, 0.1) is 0 Å². The van der Waals surface area contributed by atoms with Gasteiger partial charge < -0.3 is 5.32 Å². The first-order chi connectivity index (χ1) is 8.22. The lowest BCUT2D eigenvalue weighted by molar-refractivity contribution is 0.444. The molecular formula is C12H18N4O. The van der Waals surface area contributed by atoms with Crippen LogP contribution in [0.15, 0.2) is 29.2 Å².